The summed E-state index contributed by atoms with van der Waals surface area (Å²) >= 11 is 1.59. The molecule has 0 radical (unpaired) electrons. The van der Waals surface area contributed by atoms with Gasteiger partial charge in [0.2, 0.25) is 0 Å². The summed E-state index contributed by atoms with van der Waals surface area (Å²) < 4.78 is 1.67. The lowest BCUT2D eigenvalue weighted by Crippen LogP contribution is -2.35. The number of fused-ring (bicyclic) bond motifs is 3. The quantitative estimate of drug-likeness (QED) is 0.913. The molecule has 1 aliphatic rings. The van der Waals surface area contributed by atoms with Crippen LogP contribution < -0.4 is 10.9 Å². The first kappa shape index (κ1) is 17.1. The molecule has 1 aliphatic carbocycles. The van der Waals surface area contributed by atoms with Gasteiger partial charge in [-0.3, -0.25) is 14.0 Å². The predicted molar refractivity (Wildman–Crippen MR) is 96.1 cm³/mol. The van der Waals surface area contributed by atoms with Crippen LogP contribution in [0.3, 0.4) is 0 Å². The standard InChI is InChI=1S/C17H24N4O2S/c1-20(2)10-9-18-15(22)12-11-19-17-21(16(12)23)13-7-5-3-4-6-8-14(13)24-17/h11H,3-10H2,1-2H3,(H,18,22). The molecule has 0 unspecified atom stereocenters. The highest BCUT2D eigenvalue weighted by molar-refractivity contribution is 7.17. The number of nitrogens with one attached hydrogen (secondary N) is 1. The van der Waals surface area contributed by atoms with Crippen molar-refractivity contribution in [3.63, 3.8) is 0 Å². The van der Waals surface area contributed by atoms with Crippen LogP contribution in [0.25, 0.3) is 4.96 Å². The third kappa shape index (κ3) is 3.52. The van der Waals surface area contributed by atoms with Gasteiger partial charge in [0.25, 0.3) is 11.5 Å². The van der Waals surface area contributed by atoms with E-state index < -0.39 is 0 Å². The monoisotopic (exact) mass is 348 g/mol. The third-order valence-corrected chi connectivity index (χ3v) is 5.55. The molecule has 0 spiro atoms. The van der Waals surface area contributed by atoms with E-state index in [9.17, 15) is 9.59 Å². The van der Waals surface area contributed by atoms with Crippen molar-refractivity contribution >= 4 is 22.2 Å². The molecule has 0 atom stereocenters. The average molecular weight is 348 g/mol. The summed E-state index contributed by atoms with van der Waals surface area (Å²) in [7, 11) is 3.88. The van der Waals surface area contributed by atoms with Crippen molar-refractivity contribution in [1.29, 1.82) is 0 Å². The summed E-state index contributed by atoms with van der Waals surface area (Å²) in [4.78, 5) is 33.5. The Morgan fingerprint density at radius 1 is 1.29 bits per heavy atom. The van der Waals surface area contributed by atoms with Crippen molar-refractivity contribution in [3.05, 3.63) is 32.7 Å². The van der Waals surface area contributed by atoms with E-state index in [1.54, 1.807) is 15.7 Å². The molecule has 0 saturated heterocycles. The minimum absolute atomic E-state index is 0.133. The van der Waals surface area contributed by atoms with Gasteiger partial charge in [-0.1, -0.05) is 12.8 Å². The van der Waals surface area contributed by atoms with Crippen molar-refractivity contribution in [3.8, 4) is 0 Å². The van der Waals surface area contributed by atoms with Crippen LogP contribution in [0.2, 0.25) is 0 Å². The van der Waals surface area contributed by atoms with Crippen LogP contribution in [-0.4, -0.2) is 47.4 Å². The summed E-state index contributed by atoms with van der Waals surface area (Å²) in [5, 5.41) is 2.80. The minimum atomic E-state index is -0.338. The number of thiazole rings is 1. The molecule has 2 aromatic rings. The number of rotatable bonds is 4. The molecule has 130 valence electrons. The van der Waals surface area contributed by atoms with Gasteiger partial charge in [0.05, 0.1) is 0 Å². The Morgan fingerprint density at radius 2 is 2.04 bits per heavy atom. The summed E-state index contributed by atoms with van der Waals surface area (Å²) in [6.07, 6.45) is 8.01. The molecule has 6 nitrogen and oxygen atoms in total. The Bertz CT molecular complexity index is 794. The van der Waals surface area contributed by atoms with Crippen molar-refractivity contribution < 1.29 is 4.79 Å². The number of carbonyl (C=O) groups excluding carboxylic acids is 1. The second kappa shape index (κ2) is 7.44. The summed E-state index contributed by atoms with van der Waals surface area (Å²) in [6, 6.07) is 0. The lowest BCUT2D eigenvalue weighted by Gasteiger charge is -2.11. The summed E-state index contributed by atoms with van der Waals surface area (Å²) in [5.74, 6) is -0.338. The number of nitrogens with zero attached hydrogens (tertiary/aromatic N) is 3. The third-order valence-electron chi connectivity index (χ3n) is 4.39. The molecule has 7 heteroatoms. The Kier molecular flexibility index (Phi) is 5.30. The lowest BCUT2D eigenvalue weighted by atomic mass is 10.0. The molecule has 2 heterocycles. The van der Waals surface area contributed by atoms with Gasteiger partial charge in [0.1, 0.15) is 5.56 Å². The van der Waals surface area contributed by atoms with Crippen molar-refractivity contribution in [2.24, 2.45) is 0 Å². The lowest BCUT2D eigenvalue weighted by molar-refractivity contribution is 0.0949. The maximum atomic E-state index is 12.9. The summed E-state index contributed by atoms with van der Waals surface area (Å²) in [5.41, 5.74) is 0.962. The molecule has 1 amide bonds. The fourth-order valence-corrected chi connectivity index (χ4v) is 4.23. The highest BCUT2D eigenvalue weighted by Crippen LogP contribution is 2.26. The molecule has 0 bridgehead atoms. The highest BCUT2D eigenvalue weighted by Gasteiger charge is 2.20. The van der Waals surface area contributed by atoms with Gasteiger partial charge in [0, 0.05) is 29.9 Å². The van der Waals surface area contributed by atoms with E-state index in [1.165, 1.54) is 23.9 Å². The van der Waals surface area contributed by atoms with Crippen LogP contribution >= 0.6 is 11.3 Å². The second-order valence-corrected chi connectivity index (χ2v) is 7.60. The number of aromatic nitrogens is 2. The van der Waals surface area contributed by atoms with E-state index in [2.05, 4.69) is 10.3 Å². The van der Waals surface area contributed by atoms with E-state index >= 15 is 0 Å². The molecule has 0 fully saturated rings. The zero-order valence-corrected chi connectivity index (χ0v) is 15.1. The first-order chi connectivity index (χ1) is 11.6. The van der Waals surface area contributed by atoms with Crippen LogP contribution in [0.4, 0.5) is 0 Å². The Morgan fingerprint density at radius 3 is 2.79 bits per heavy atom. The van der Waals surface area contributed by atoms with E-state index in [0.29, 0.717) is 11.5 Å². The number of carbonyl (C=O) groups is 1. The number of hydrogen-bond donors (Lipinski definition) is 1. The van der Waals surface area contributed by atoms with Gasteiger partial charge in [-0.05, 0) is 39.8 Å². The minimum Gasteiger partial charge on any atom is -0.351 e. The average Bonchev–Trinajstić information content (AvgIpc) is 2.84. The molecule has 1 N–H and O–H groups in total. The molecule has 0 aromatic carbocycles. The van der Waals surface area contributed by atoms with Crippen molar-refractivity contribution in [2.75, 3.05) is 27.2 Å². The maximum Gasteiger partial charge on any atom is 0.271 e. The van der Waals surface area contributed by atoms with Crippen LogP contribution in [0, 0.1) is 0 Å². The number of aryl methyl sites for hydroxylation is 2. The van der Waals surface area contributed by atoms with Gasteiger partial charge >= 0.3 is 0 Å². The highest BCUT2D eigenvalue weighted by atomic mass is 32.1. The topological polar surface area (TPSA) is 66.7 Å². The fourth-order valence-electron chi connectivity index (χ4n) is 3.07. The predicted octanol–water partition coefficient (Wildman–Crippen LogP) is 1.71. The number of amides is 1. The second-order valence-electron chi connectivity index (χ2n) is 6.54. The maximum absolute atomic E-state index is 12.9. The molecule has 3 rings (SSSR count). The summed E-state index contributed by atoms with van der Waals surface area (Å²) in [6.45, 7) is 1.24. The first-order valence-electron chi connectivity index (χ1n) is 8.53. The van der Waals surface area contributed by atoms with E-state index in [-0.39, 0.29) is 17.0 Å². The smallest absolute Gasteiger partial charge is 0.271 e. The zero-order valence-electron chi connectivity index (χ0n) is 14.3. The van der Waals surface area contributed by atoms with Gasteiger partial charge in [-0.25, -0.2) is 4.98 Å². The van der Waals surface area contributed by atoms with Gasteiger partial charge < -0.3 is 10.2 Å². The molecular formula is C17H24N4O2S. The molecule has 24 heavy (non-hydrogen) atoms. The van der Waals surface area contributed by atoms with E-state index in [1.807, 2.05) is 19.0 Å². The van der Waals surface area contributed by atoms with Crippen LogP contribution in [0.1, 0.15) is 46.6 Å². The Hall–Kier alpha value is -1.73. The van der Waals surface area contributed by atoms with Crippen LogP contribution in [0.5, 0.6) is 0 Å². The molecule has 2 aromatic heterocycles. The SMILES string of the molecule is CN(C)CCNC(=O)c1cnc2sc3c(n2c1=O)CCCCCC3. The normalized spacial score (nSPS) is 15.1. The van der Waals surface area contributed by atoms with Gasteiger partial charge in [-0.15, -0.1) is 11.3 Å². The van der Waals surface area contributed by atoms with E-state index in [0.717, 1.165) is 37.9 Å². The Balaban J connectivity index is 1.93. The fraction of sp³-hybridized carbons (Fsp3) is 0.588. The van der Waals surface area contributed by atoms with Gasteiger partial charge in [0.15, 0.2) is 4.96 Å². The van der Waals surface area contributed by atoms with Gasteiger partial charge in [-0.2, -0.15) is 0 Å². The van der Waals surface area contributed by atoms with Crippen molar-refractivity contribution in [1.82, 2.24) is 19.6 Å². The molecule has 0 aliphatic heterocycles. The first-order valence-corrected chi connectivity index (χ1v) is 9.35. The molecule has 0 saturated carbocycles. The van der Waals surface area contributed by atoms with Crippen molar-refractivity contribution in [2.45, 2.75) is 38.5 Å². The van der Waals surface area contributed by atoms with Crippen LogP contribution in [0.15, 0.2) is 11.0 Å². The van der Waals surface area contributed by atoms with E-state index in [4.69, 9.17) is 0 Å². The number of likely N-dealkylation sites (N-methyl/N-ethyl adjacent to an activating group) is 1. The molecular weight excluding hydrogens is 324 g/mol. The number of hydrogen-bond acceptors (Lipinski definition) is 5. The largest absolute Gasteiger partial charge is 0.351 e. The zero-order chi connectivity index (χ0) is 17.1. The van der Waals surface area contributed by atoms with Crippen LogP contribution in [-0.2, 0) is 12.8 Å². The Labute approximate surface area is 145 Å².